The number of ketones is 1. The fourth-order valence-electron chi connectivity index (χ4n) is 4.36. The smallest absolute Gasteiger partial charge is 0.155 e. The zero-order valence-electron chi connectivity index (χ0n) is 22.9. The predicted molar refractivity (Wildman–Crippen MR) is 154 cm³/mol. The van der Waals surface area contributed by atoms with Gasteiger partial charge in [0.1, 0.15) is 0 Å². The zero-order valence-corrected chi connectivity index (χ0v) is 26.1. The molecule has 0 amide bonds. The zero-order chi connectivity index (χ0) is 26.6. The molecule has 4 aromatic rings. The summed E-state index contributed by atoms with van der Waals surface area (Å²) in [4.78, 5) is 16.3. The molecule has 0 saturated heterocycles. The molecule has 2 aromatic heterocycles. The summed E-state index contributed by atoms with van der Waals surface area (Å²) in [6.07, 6.45) is 1.17. The number of hydrogen-bond donors (Lipinski definition) is 1. The Morgan fingerprint density at radius 1 is 0.973 bits per heavy atom. The van der Waals surface area contributed by atoms with Crippen LogP contribution in [-0.2, 0) is 24.9 Å². The van der Waals surface area contributed by atoms with Gasteiger partial charge in [0, 0.05) is 31.1 Å². The number of aryl methyl sites for hydroxylation is 2. The summed E-state index contributed by atoms with van der Waals surface area (Å²) in [5.74, 6) is 0.914. The van der Waals surface area contributed by atoms with Crippen LogP contribution in [0.2, 0.25) is 0 Å². The topological polar surface area (TPSA) is 50.2 Å². The number of aliphatic hydroxyl groups excluding tert-OH is 1. The van der Waals surface area contributed by atoms with Crippen LogP contribution in [0.1, 0.15) is 75.6 Å². The van der Waals surface area contributed by atoms with E-state index in [1.807, 2.05) is 11.3 Å². The maximum Gasteiger partial charge on any atom is 0.155 e. The molecule has 0 aliphatic rings. The summed E-state index contributed by atoms with van der Waals surface area (Å²) in [6.45, 7) is 16.2. The molecule has 4 rings (SSSR count). The molecular weight excluding hydrogens is 655 g/mol. The van der Waals surface area contributed by atoms with Crippen molar-refractivity contribution < 1.29 is 30.0 Å². The average Bonchev–Trinajstić information content (AvgIpc) is 3.20. The van der Waals surface area contributed by atoms with Crippen LogP contribution in [0.5, 0.6) is 0 Å². The molecule has 1 radical (unpaired) electrons. The Morgan fingerprint density at radius 2 is 1.59 bits per heavy atom. The number of hydrogen-bond acceptors (Lipinski definition) is 4. The number of aromatic nitrogens is 1. The number of nitrogens with zero attached hydrogens (tertiary/aromatic N) is 1. The van der Waals surface area contributed by atoms with Crippen molar-refractivity contribution in [1.82, 2.24) is 4.98 Å². The molecule has 0 saturated carbocycles. The van der Waals surface area contributed by atoms with Gasteiger partial charge >= 0.3 is 0 Å². The number of carbonyl (C=O) groups is 1. The molecule has 1 N–H and O–H groups in total. The first-order chi connectivity index (χ1) is 17.0. The molecule has 0 bridgehead atoms. The van der Waals surface area contributed by atoms with Gasteiger partial charge in [0.2, 0.25) is 0 Å². The summed E-state index contributed by atoms with van der Waals surface area (Å²) in [5, 5.41) is 8.36. The molecule has 5 heteroatoms. The molecule has 0 aliphatic carbocycles. The summed E-state index contributed by atoms with van der Waals surface area (Å²) < 4.78 is 1.24. The molecule has 197 valence electrons. The van der Waals surface area contributed by atoms with Gasteiger partial charge in [0.05, 0.1) is 16.0 Å². The Kier molecular flexibility index (Phi) is 11.0. The number of benzene rings is 2. The maximum atomic E-state index is 10.0. The number of aliphatic hydroxyl groups is 1. The monoisotopic (exact) mass is 691 g/mol. The first kappa shape index (κ1) is 30.6. The van der Waals surface area contributed by atoms with Crippen LogP contribution >= 0.6 is 11.3 Å². The number of rotatable bonds is 5. The Balaban J connectivity index is 0.000000532. The van der Waals surface area contributed by atoms with Gasteiger partial charge in [0.15, 0.2) is 5.78 Å². The number of pyridine rings is 1. The van der Waals surface area contributed by atoms with Gasteiger partial charge in [-0.2, -0.15) is 0 Å². The summed E-state index contributed by atoms with van der Waals surface area (Å²) in [5.41, 5.74) is 9.79. The third-order valence-corrected chi connectivity index (χ3v) is 6.94. The van der Waals surface area contributed by atoms with Crippen LogP contribution < -0.4 is 0 Å². The quantitative estimate of drug-likeness (QED) is 0.129. The van der Waals surface area contributed by atoms with E-state index in [2.05, 4.69) is 96.1 Å². The summed E-state index contributed by atoms with van der Waals surface area (Å²) >= 11 is 1.85. The van der Waals surface area contributed by atoms with Crippen molar-refractivity contribution >= 4 is 27.3 Å². The largest absolute Gasteiger partial charge is 0.512 e. The van der Waals surface area contributed by atoms with Crippen molar-refractivity contribution in [1.29, 1.82) is 0 Å². The summed E-state index contributed by atoms with van der Waals surface area (Å²) in [6, 6.07) is 21.2. The van der Waals surface area contributed by atoms with Crippen LogP contribution in [0.25, 0.3) is 31.9 Å². The normalized spacial score (nSPS) is 11.4. The SMILES string of the molecule is CC(=O)/C=C(/C)O.Cc1[c-]c(-c2ccc3sc(-c4c(C(C)C)cccc4C(C)C)cc3n2)cc(C)c1.[Ir]. The molecule has 2 aromatic carbocycles. The molecule has 0 aliphatic heterocycles. The Labute approximate surface area is 239 Å². The predicted octanol–water partition coefficient (Wildman–Crippen LogP) is 9.33. The van der Waals surface area contributed by atoms with E-state index < -0.39 is 0 Å². The number of allylic oxidation sites excluding steroid dienone is 2. The first-order valence-electron chi connectivity index (χ1n) is 12.4. The number of fused-ring (bicyclic) bond motifs is 1. The van der Waals surface area contributed by atoms with Crippen LogP contribution in [0.3, 0.4) is 0 Å². The standard InChI is InChI=1S/C27H28NS.C5H8O2.Ir/c1-16(2)21-8-7-9-22(17(3)4)27(21)26-15-24-25(29-26)11-10-23(28-24)20-13-18(5)12-19(6)14-20;1-4(6)3-5(2)7;/h7-13,15-17H,1-6H3;3,6H,1-2H3;/q-1;;/b;4-3-;. The Bertz CT molecular complexity index is 1370. The second-order valence-electron chi connectivity index (χ2n) is 9.96. The molecular formula is C32H36IrNO2S-. The van der Waals surface area contributed by atoms with Crippen LogP contribution in [-0.4, -0.2) is 15.9 Å². The van der Waals surface area contributed by atoms with E-state index in [0.717, 1.165) is 22.3 Å². The second-order valence-corrected chi connectivity index (χ2v) is 11.0. The van der Waals surface area contributed by atoms with Gasteiger partial charge in [-0.25, -0.2) is 0 Å². The van der Waals surface area contributed by atoms with E-state index in [1.165, 1.54) is 51.8 Å². The van der Waals surface area contributed by atoms with Gasteiger partial charge in [-0.05, 0) is 60.2 Å². The van der Waals surface area contributed by atoms with Gasteiger partial charge in [-0.1, -0.05) is 65.8 Å². The minimum absolute atomic E-state index is 0. The molecule has 2 heterocycles. The molecule has 3 nitrogen and oxygen atoms in total. The fraction of sp³-hybridized carbons (Fsp3) is 0.312. The van der Waals surface area contributed by atoms with Crippen molar-refractivity contribution in [2.45, 2.75) is 67.2 Å². The van der Waals surface area contributed by atoms with Crippen molar-refractivity contribution in [3.8, 4) is 21.7 Å². The van der Waals surface area contributed by atoms with E-state index in [0.29, 0.717) is 11.8 Å². The average molecular weight is 691 g/mol. The van der Waals surface area contributed by atoms with E-state index in [9.17, 15) is 4.79 Å². The molecule has 0 spiro atoms. The molecule has 0 unspecified atom stereocenters. The van der Waals surface area contributed by atoms with E-state index in [1.54, 1.807) is 0 Å². The molecule has 37 heavy (non-hydrogen) atoms. The number of carbonyl (C=O) groups excluding carboxylic acids is 1. The number of thiophene rings is 1. The molecule has 0 atom stereocenters. The molecule has 0 fully saturated rings. The summed E-state index contributed by atoms with van der Waals surface area (Å²) in [7, 11) is 0. The van der Waals surface area contributed by atoms with Gasteiger partial charge < -0.3 is 5.11 Å². The fourth-order valence-corrected chi connectivity index (χ4v) is 5.45. The van der Waals surface area contributed by atoms with Crippen LogP contribution in [0.15, 0.2) is 60.4 Å². The third kappa shape index (κ3) is 7.94. The van der Waals surface area contributed by atoms with Crippen molar-refractivity contribution in [3.63, 3.8) is 0 Å². The van der Waals surface area contributed by atoms with Crippen molar-refractivity contribution in [3.05, 3.63) is 88.7 Å². The minimum Gasteiger partial charge on any atom is -0.512 e. The Morgan fingerprint density at radius 3 is 2.08 bits per heavy atom. The van der Waals surface area contributed by atoms with Crippen LogP contribution in [0.4, 0.5) is 0 Å². The van der Waals surface area contributed by atoms with Gasteiger partial charge in [-0.3, -0.25) is 9.78 Å². The van der Waals surface area contributed by atoms with Gasteiger partial charge in [-0.15, -0.1) is 46.2 Å². The third-order valence-electron chi connectivity index (χ3n) is 5.83. The van der Waals surface area contributed by atoms with E-state index in [-0.39, 0.29) is 31.6 Å². The Hall–Kier alpha value is -2.59. The van der Waals surface area contributed by atoms with Gasteiger partial charge in [0.25, 0.3) is 0 Å². The van der Waals surface area contributed by atoms with Crippen molar-refractivity contribution in [2.75, 3.05) is 0 Å². The second kappa shape index (κ2) is 13.3. The van der Waals surface area contributed by atoms with Crippen molar-refractivity contribution in [2.24, 2.45) is 0 Å². The van der Waals surface area contributed by atoms with E-state index in [4.69, 9.17) is 10.1 Å². The minimum atomic E-state index is -0.125. The van der Waals surface area contributed by atoms with Crippen LogP contribution in [0, 0.1) is 19.9 Å². The first-order valence-corrected chi connectivity index (χ1v) is 13.2. The maximum absolute atomic E-state index is 10.0. The van der Waals surface area contributed by atoms with E-state index >= 15 is 0 Å².